The van der Waals surface area contributed by atoms with Gasteiger partial charge in [0.2, 0.25) is 0 Å². The summed E-state index contributed by atoms with van der Waals surface area (Å²) >= 11 is 0. The third kappa shape index (κ3) is 6.46. The van der Waals surface area contributed by atoms with Gasteiger partial charge in [-0.3, -0.25) is 0 Å². The summed E-state index contributed by atoms with van der Waals surface area (Å²) in [7, 11) is 0. The van der Waals surface area contributed by atoms with Crippen LogP contribution in [0.15, 0.2) is 0 Å². The molecule has 3 fully saturated rings. The van der Waals surface area contributed by atoms with Crippen molar-refractivity contribution in [1.29, 1.82) is 0 Å². The van der Waals surface area contributed by atoms with Crippen molar-refractivity contribution in [2.24, 2.45) is 10.8 Å². The van der Waals surface area contributed by atoms with Gasteiger partial charge in [-0.15, -0.1) is 0 Å². The van der Waals surface area contributed by atoms with Crippen molar-refractivity contribution in [2.75, 3.05) is 13.2 Å². The summed E-state index contributed by atoms with van der Waals surface area (Å²) < 4.78 is 12.4. The van der Waals surface area contributed by atoms with Crippen molar-refractivity contribution in [3.05, 3.63) is 0 Å². The fourth-order valence-electron chi connectivity index (χ4n) is 6.54. The lowest BCUT2D eigenvalue weighted by Crippen LogP contribution is -2.51. The van der Waals surface area contributed by atoms with Gasteiger partial charge in [0.1, 0.15) is 0 Å². The van der Waals surface area contributed by atoms with E-state index in [1.807, 2.05) is 0 Å². The van der Waals surface area contributed by atoms with Gasteiger partial charge in [-0.1, -0.05) is 52.4 Å². The van der Waals surface area contributed by atoms with Crippen LogP contribution in [0.1, 0.15) is 129 Å². The Morgan fingerprint density at radius 3 is 1.32 bits per heavy atom. The summed E-state index contributed by atoms with van der Waals surface area (Å²) in [5, 5.41) is 0. The van der Waals surface area contributed by atoms with E-state index < -0.39 is 0 Å². The lowest BCUT2D eigenvalue weighted by atomic mass is 9.45. The average Bonchev–Trinajstić information content (AvgIpc) is 2.69. The lowest BCUT2D eigenvalue weighted by Gasteiger charge is -2.61. The Morgan fingerprint density at radius 1 is 0.571 bits per heavy atom. The number of hydrogen-bond donors (Lipinski definition) is 0. The molecule has 0 aromatic carbocycles. The van der Waals surface area contributed by atoms with Crippen molar-refractivity contribution in [1.82, 2.24) is 0 Å². The smallest absolute Gasteiger partial charge is 0.0575 e. The van der Waals surface area contributed by atoms with Crippen LogP contribution in [0.25, 0.3) is 0 Å². The second-order valence-corrected chi connectivity index (χ2v) is 10.6. The first-order valence-electron chi connectivity index (χ1n) is 12.9. The van der Waals surface area contributed by atoms with E-state index >= 15 is 0 Å². The van der Waals surface area contributed by atoms with Gasteiger partial charge >= 0.3 is 0 Å². The molecule has 3 aliphatic carbocycles. The van der Waals surface area contributed by atoms with Crippen LogP contribution >= 0.6 is 0 Å². The lowest BCUT2D eigenvalue weighted by molar-refractivity contribution is -0.129. The Morgan fingerprint density at radius 2 is 0.964 bits per heavy atom. The maximum absolute atomic E-state index is 6.19. The van der Waals surface area contributed by atoms with E-state index in [0.717, 1.165) is 13.2 Å². The van der Waals surface area contributed by atoms with Crippen molar-refractivity contribution >= 4 is 0 Å². The van der Waals surface area contributed by atoms with E-state index in [2.05, 4.69) is 13.8 Å². The quantitative estimate of drug-likeness (QED) is 0.315. The molecule has 0 radical (unpaired) electrons. The van der Waals surface area contributed by atoms with E-state index in [9.17, 15) is 0 Å². The highest BCUT2D eigenvalue weighted by Crippen LogP contribution is 2.66. The topological polar surface area (TPSA) is 18.5 Å². The molecule has 3 aliphatic rings. The highest BCUT2D eigenvalue weighted by molar-refractivity contribution is 5.06. The highest BCUT2D eigenvalue weighted by atomic mass is 16.5. The Balaban J connectivity index is 1.26. The van der Waals surface area contributed by atoms with E-state index in [0.29, 0.717) is 23.0 Å². The molecular formula is C26H48O2. The number of rotatable bonds is 12. The molecule has 28 heavy (non-hydrogen) atoms. The Labute approximate surface area is 175 Å². The van der Waals surface area contributed by atoms with Gasteiger partial charge < -0.3 is 9.47 Å². The molecule has 0 saturated heterocycles. The predicted octanol–water partition coefficient (Wildman–Crippen LogP) is 7.83. The SMILES string of the molecule is CCCCCCOC1CCC2(CC1)CC1(CCC(OCCCCCC)CC1)C2. The molecule has 3 saturated carbocycles. The van der Waals surface area contributed by atoms with Gasteiger partial charge in [0.25, 0.3) is 0 Å². The number of unbranched alkanes of at least 4 members (excludes halogenated alkanes) is 6. The summed E-state index contributed by atoms with van der Waals surface area (Å²) in [5.74, 6) is 0. The molecule has 0 unspecified atom stereocenters. The molecule has 2 spiro atoms. The minimum atomic E-state index is 0.570. The molecular weight excluding hydrogens is 344 g/mol. The second-order valence-electron chi connectivity index (χ2n) is 10.6. The molecule has 0 atom stereocenters. The third-order valence-corrected chi connectivity index (χ3v) is 8.19. The molecule has 2 nitrogen and oxygen atoms in total. The van der Waals surface area contributed by atoms with E-state index in [1.54, 1.807) is 0 Å². The summed E-state index contributed by atoms with van der Waals surface area (Å²) in [6.07, 6.45) is 25.8. The maximum atomic E-state index is 6.19. The second kappa shape index (κ2) is 11.3. The average molecular weight is 393 g/mol. The molecule has 3 rings (SSSR count). The summed E-state index contributed by atoms with van der Waals surface area (Å²) in [6.45, 7) is 6.56. The van der Waals surface area contributed by atoms with Crippen molar-refractivity contribution < 1.29 is 9.47 Å². The summed E-state index contributed by atoms with van der Waals surface area (Å²) in [4.78, 5) is 0. The highest BCUT2D eigenvalue weighted by Gasteiger charge is 2.55. The van der Waals surface area contributed by atoms with Crippen LogP contribution < -0.4 is 0 Å². The molecule has 0 aromatic heterocycles. The summed E-state index contributed by atoms with van der Waals surface area (Å²) in [5.41, 5.74) is 1.41. The fourth-order valence-corrected chi connectivity index (χ4v) is 6.54. The van der Waals surface area contributed by atoms with Gasteiger partial charge in [-0.05, 0) is 87.9 Å². The first kappa shape index (κ1) is 22.6. The first-order chi connectivity index (χ1) is 13.7. The zero-order chi connectivity index (χ0) is 19.7. The minimum Gasteiger partial charge on any atom is -0.378 e. The van der Waals surface area contributed by atoms with Crippen LogP contribution in [0, 0.1) is 10.8 Å². The Hall–Kier alpha value is -0.0800. The normalized spacial score (nSPS) is 35.4. The Kier molecular flexibility index (Phi) is 9.16. The van der Waals surface area contributed by atoms with Gasteiger partial charge in [-0.2, -0.15) is 0 Å². The van der Waals surface area contributed by atoms with Gasteiger partial charge in [0.05, 0.1) is 12.2 Å². The van der Waals surface area contributed by atoms with Crippen molar-refractivity contribution in [3.63, 3.8) is 0 Å². The molecule has 0 heterocycles. The zero-order valence-electron chi connectivity index (χ0n) is 19.1. The van der Waals surface area contributed by atoms with E-state index in [-0.39, 0.29) is 0 Å². The van der Waals surface area contributed by atoms with Gasteiger partial charge in [0, 0.05) is 13.2 Å². The molecule has 0 aromatic rings. The van der Waals surface area contributed by atoms with Crippen LogP contribution in [-0.2, 0) is 9.47 Å². The van der Waals surface area contributed by atoms with Gasteiger partial charge in [-0.25, -0.2) is 0 Å². The predicted molar refractivity (Wildman–Crippen MR) is 119 cm³/mol. The molecule has 0 N–H and O–H groups in total. The fraction of sp³-hybridized carbons (Fsp3) is 1.00. The monoisotopic (exact) mass is 392 g/mol. The molecule has 2 heteroatoms. The third-order valence-electron chi connectivity index (χ3n) is 8.19. The van der Waals surface area contributed by atoms with Crippen LogP contribution in [0.2, 0.25) is 0 Å². The maximum Gasteiger partial charge on any atom is 0.0575 e. The van der Waals surface area contributed by atoms with Crippen LogP contribution in [0.5, 0.6) is 0 Å². The Bertz CT molecular complexity index is 368. The van der Waals surface area contributed by atoms with Crippen LogP contribution in [-0.4, -0.2) is 25.4 Å². The van der Waals surface area contributed by atoms with E-state index in [1.165, 1.54) is 116 Å². The molecule has 0 amide bonds. The molecule has 0 bridgehead atoms. The van der Waals surface area contributed by atoms with Crippen LogP contribution in [0.4, 0.5) is 0 Å². The van der Waals surface area contributed by atoms with Crippen LogP contribution in [0.3, 0.4) is 0 Å². The van der Waals surface area contributed by atoms with Gasteiger partial charge in [0.15, 0.2) is 0 Å². The van der Waals surface area contributed by atoms with Crippen molar-refractivity contribution in [3.8, 4) is 0 Å². The molecule has 164 valence electrons. The van der Waals surface area contributed by atoms with E-state index in [4.69, 9.17) is 9.47 Å². The van der Waals surface area contributed by atoms with Crippen molar-refractivity contribution in [2.45, 2.75) is 142 Å². The molecule has 0 aliphatic heterocycles. The zero-order valence-corrected chi connectivity index (χ0v) is 19.1. The minimum absolute atomic E-state index is 0.570. The largest absolute Gasteiger partial charge is 0.378 e. The number of ether oxygens (including phenoxy) is 2. The summed E-state index contributed by atoms with van der Waals surface area (Å²) in [6, 6.07) is 0. The standard InChI is InChI=1S/C26H48O2/c1-3-5-7-9-19-27-23-11-15-25(16-12-23)21-26(22-25)17-13-24(14-18-26)28-20-10-8-6-4-2/h23-24H,3-22H2,1-2H3. The first-order valence-corrected chi connectivity index (χ1v) is 12.9. The number of hydrogen-bond acceptors (Lipinski definition) is 2.